The fraction of sp³-hybridized carbons (Fsp3) is 0.387. The van der Waals surface area contributed by atoms with Crippen LogP contribution in [-0.4, -0.2) is 46.7 Å². The van der Waals surface area contributed by atoms with E-state index in [1.807, 2.05) is 60.7 Å². The fourth-order valence-electron chi connectivity index (χ4n) is 2.99. The van der Waals surface area contributed by atoms with Gasteiger partial charge < -0.3 is 27.5 Å². The Kier molecular flexibility index (Phi) is 47.1. The molecule has 10 nitrogen and oxygen atoms in total. The van der Waals surface area contributed by atoms with Gasteiger partial charge in [-0.25, -0.2) is 0 Å². The Balaban J connectivity index is -0.000000120. The van der Waals surface area contributed by atoms with Crippen molar-refractivity contribution in [2.75, 3.05) is 6.54 Å². The molecule has 0 heterocycles. The third-order valence-corrected chi connectivity index (χ3v) is 4.92. The number of rotatable bonds is 16. The summed E-state index contributed by atoms with van der Waals surface area (Å²) in [5.41, 5.74) is 7.12. The van der Waals surface area contributed by atoms with Gasteiger partial charge in [0, 0.05) is 32.1 Å². The van der Waals surface area contributed by atoms with Crippen LogP contribution >= 0.6 is 0 Å². The zero-order valence-electron chi connectivity index (χ0n) is 25.7. The van der Waals surface area contributed by atoms with Gasteiger partial charge in [0.1, 0.15) is 5.78 Å². The van der Waals surface area contributed by atoms with Crippen LogP contribution in [0.5, 0.6) is 0 Å². The van der Waals surface area contributed by atoms with Gasteiger partial charge in [-0.3, -0.25) is 24.0 Å². The molecule has 4 N–H and O–H groups in total. The minimum absolute atomic E-state index is 0. The first-order chi connectivity index (χ1) is 19.2. The fourth-order valence-corrected chi connectivity index (χ4v) is 2.99. The number of hydrogen-bond acceptors (Lipinski definition) is 8. The van der Waals surface area contributed by atoms with Crippen LogP contribution in [0.25, 0.3) is 0 Å². The molecule has 0 aliphatic rings. The first-order valence-electron chi connectivity index (χ1n) is 12.8. The molecule has 0 bridgehead atoms. The third kappa shape index (κ3) is 41.1. The van der Waals surface area contributed by atoms with Crippen molar-refractivity contribution in [2.24, 2.45) is 5.73 Å². The SMILES string of the molecule is C.C=CC(=O)Cc1ccccc1.NCCCC(=O)O.O=C(O)CCCCCCC(=O)Cc1ccccc1.O=CO[O-].[H-].[K+].[K+]. The van der Waals surface area contributed by atoms with Crippen LogP contribution in [0.1, 0.15) is 71.3 Å². The first-order valence-corrected chi connectivity index (χ1v) is 12.8. The Morgan fingerprint density at radius 2 is 1.16 bits per heavy atom. The Labute approximate surface area is 342 Å². The van der Waals surface area contributed by atoms with Crippen LogP contribution in [0.2, 0.25) is 0 Å². The van der Waals surface area contributed by atoms with E-state index >= 15 is 0 Å². The summed E-state index contributed by atoms with van der Waals surface area (Å²) in [5, 5.41) is 24.9. The number of ketones is 2. The number of Topliss-reactive ketones (excluding diaryl/α,β-unsaturated/α-hetero) is 1. The van der Waals surface area contributed by atoms with E-state index in [0.717, 1.165) is 30.4 Å². The molecule has 0 fully saturated rings. The maximum Gasteiger partial charge on any atom is 1.00 e. The number of carbonyl (C=O) groups is 5. The second kappa shape index (κ2) is 39.1. The number of carbonyl (C=O) groups excluding carboxylic acids is 3. The zero-order chi connectivity index (χ0) is 30.4. The van der Waals surface area contributed by atoms with Crippen molar-refractivity contribution in [1.29, 1.82) is 0 Å². The zero-order valence-corrected chi connectivity index (χ0v) is 31.0. The van der Waals surface area contributed by atoms with E-state index in [-0.39, 0.29) is 143 Å². The quantitative estimate of drug-likeness (QED) is 0.0467. The normalized spacial score (nSPS) is 8.51. The Morgan fingerprint density at radius 3 is 1.51 bits per heavy atom. The van der Waals surface area contributed by atoms with Gasteiger partial charge in [-0.2, -0.15) is 0 Å². The summed E-state index contributed by atoms with van der Waals surface area (Å²) in [7, 11) is 0. The number of carboxylic acid groups (broad SMARTS) is 2. The molecule has 0 radical (unpaired) electrons. The van der Waals surface area contributed by atoms with Crippen molar-refractivity contribution in [1.82, 2.24) is 0 Å². The van der Waals surface area contributed by atoms with Crippen LogP contribution in [0.3, 0.4) is 0 Å². The molecular weight excluding hydrogens is 609 g/mol. The molecule has 43 heavy (non-hydrogen) atoms. The summed E-state index contributed by atoms with van der Waals surface area (Å²) in [5.74, 6) is -1.18. The monoisotopic (exact) mass is 653 g/mol. The molecule has 0 atom stereocenters. The molecule has 230 valence electrons. The molecule has 12 heteroatoms. The number of hydrogen-bond donors (Lipinski definition) is 3. The van der Waals surface area contributed by atoms with Crippen LogP contribution in [0, 0.1) is 0 Å². The molecule has 0 saturated heterocycles. The molecule has 0 aromatic heterocycles. The molecule has 2 rings (SSSR count). The molecule has 0 aliphatic carbocycles. The first kappa shape index (κ1) is 51.7. The van der Waals surface area contributed by atoms with E-state index in [9.17, 15) is 19.2 Å². The van der Waals surface area contributed by atoms with Crippen molar-refractivity contribution < 1.29 is 149 Å². The molecule has 0 saturated carbocycles. The number of carboxylic acids is 2. The van der Waals surface area contributed by atoms with Crippen molar-refractivity contribution in [3.05, 3.63) is 84.4 Å². The van der Waals surface area contributed by atoms with E-state index in [0.29, 0.717) is 38.6 Å². The number of aliphatic carboxylic acids is 2. The minimum Gasteiger partial charge on any atom is -1.00 e. The summed E-state index contributed by atoms with van der Waals surface area (Å²) in [4.78, 5) is 53.8. The van der Waals surface area contributed by atoms with Gasteiger partial charge >= 0.3 is 115 Å². The summed E-state index contributed by atoms with van der Waals surface area (Å²) in [6, 6.07) is 19.4. The second-order valence-electron chi connectivity index (χ2n) is 8.32. The predicted molar refractivity (Wildman–Crippen MR) is 157 cm³/mol. The Bertz CT molecular complexity index is 983. The number of allylic oxidation sites excluding steroid dienone is 1. The maximum atomic E-state index is 11.7. The molecule has 0 aliphatic heterocycles. The molecular formula is C31H45K2NO9. The topological polar surface area (TPSA) is 184 Å². The maximum absolute atomic E-state index is 11.7. The van der Waals surface area contributed by atoms with Gasteiger partial charge in [0.25, 0.3) is 6.47 Å². The molecule has 2 aromatic rings. The van der Waals surface area contributed by atoms with Crippen molar-refractivity contribution in [2.45, 2.75) is 71.6 Å². The molecule has 0 unspecified atom stereocenters. The second-order valence-corrected chi connectivity index (χ2v) is 8.32. The Morgan fingerprint density at radius 1 is 0.767 bits per heavy atom. The summed E-state index contributed by atoms with van der Waals surface area (Å²) >= 11 is 0. The van der Waals surface area contributed by atoms with Gasteiger partial charge in [-0.15, -0.1) is 0 Å². The average molecular weight is 654 g/mol. The van der Waals surface area contributed by atoms with Gasteiger partial charge in [0.2, 0.25) is 0 Å². The summed E-state index contributed by atoms with van der Waals surface area (Å²) < 4.78 is 0. The van der Waals surface area contributed by atoms with Crippen molar-refractivity contribution >= 4 is 30.0 Å². The van der Waals surface area contributed by atoms with E-state index in [2.05, 4.69) is 11.5 Å². The van der Waals surface area contributed by atoms with E-state index < -0.39 is 11.9 Å². The summed E-state index contributed by atoms with van der Waals surface area (Å²) in [6.45, 7) is 3.69. The van der Waals surface area contributed by atoms with Gasteiger partial charge in [0.05, 0.1) is 0 Å². The van der Waals surface area contributed by atoms with E-state index in [4.69, 9.17) is 26.0 Å². The molecule has 0 amide bonds. The Hall–Kier alpha value is -0.877. The van der Waals surface area contributed by atoms with Crippen molar-refractivity contribution in [3.8, 4) is 0 Å². The molecule has 0 spiro atoms. The van der Waals surface area contributed by atoms with Crippen LogP contribution in [0.4, 0.5) is 0 Å². The third-order valence-electron chi connectivity index (χ3n) is 4.92. The van der Waals surface area contributed by atoms with Crippen LogP contribution in [-0.2, 0) is 41.7 Å². The standard InChI is InChI=1S/C15H20O3.C10H10O.C4H9NO2.CH2O3.CH4.2K.H/c16-14(12-13-8-4-3-5-9-13)10-6-1-2-7-11-15(17)18;1-2-10(11)8-9-6-4-3-5-7-9;5-3-1-2-4(6)7;2-1-4-3;;;;/h3-5,8-9H,1-2,6-7,10-12H2,(H,17,18);2-7H,1,8H2;1-3,5H2,(H,6,7);1,3H;1H4;;;/q;;;;;2*+1;-1/p-1. The predicted octanol–water partition coefficient (Wildman–Crippen LogP) is -1.79. The minimum atomic E-state index is -0.773. The van der Waals surface area contributed by atoms with Crippen LogP contribution < -0.4 is 114 Å². The van der Waals surface area contributed by atoms with Crippen molar-refractivity contribution in [3.63, 3.8) is 0 Å². The molecule has 2 aromatic carbocycles. The van der Waals surface area contributed by atoms with Gasteiger partial charge in [-0.1, -0.05) is 87.5 Å². The van der Waals surface area contributed by atoms with Gasteiger partial charge in [-0.05, 0) is 43.0 Å². The van der Waals surface area contributed by atoms with Crippen LogP contribution in [0.15, 0.2) is 73.3 Å². The van der Waals surface area contributed by atoms with E-state index in [1.165, 1.54) is 6.08 Å². The summed E-state index contributed by atoms with van der Waals surface area (Å²) in [6.07, 6.45) is 7.34. The number of benzene rings is 2. The number of nitrogens with two attached hydrogens (primary N) is 1. The largest absolute Gasteiger partial charge is 1.00 e. The number of unbranched alkanes of at least 4 members (excludes halogenated alkanes) is 3. The smallest absolute Gasteiger partial charge is 1.00 e. The van der Waals surface area contributed by atoms with E-state index in [1.54, 1.807) is 0 Å². The average Bonchev–Trinajstić information content (AvgIpc) is 2.95. The van der Waals surface area contributed by atoms with Gasteiger partial charge in [0.15, 0.2) is 5.78 Å².